The first kappa shape index (κ1) is 8.74. The van der Waals surface area contributed by atoms with Gasteiger partial charge in [-0.1, -0.05) is 12.2 Å². The quantitative estimate of drug-likeness (QED) is 0.564. The molecule has 1 N–H and O–H groups in total. The maximum atomic E-state index is 9.71. The van der Waals surface area contributed by atoms with Crippen LogP contribution >= 0.6 is 0 Å². The average molecular weight is 179 g/mol. The Morgan fingerprint density at radius 2 is 2.31 bits per heavy atom. The molecule has 0 amide bonds. The molecule has 0 aromatic carbocycles. The van der Waals surface area contributed by atoms with Crippen molar-refractivity contribution in [3.63, 3.8) is 0 Å². The Balaban J connectivity index is 2.43. The van der Waals surface area contributed by atoms with Crippen LogP contribution in [-0.4, -0.2) is 22.4 Å². The van der Waals surface area contributed by atoms with E-state index in [0.29, 0.717) is 6.42 Å². The molecule has 0 radical (unpaired) electrons. The molecule has 2 bridgehead atoms. The summed E-state index contributed by atoms with van der Waals surface area (Å²) < 4.78 is 5.73. The molecule has 1 unspecified atom stereocenters. The van der Waals surface area contributed by atoms with E-state index in [9.17, 15) is 5.11 Å². The summed E-state index contributed by atoms with van der Waals surface area (Å²) in [4.78, 5) is 0. The number of nitriles is 1. The second kappa shape index (κ2) is 2.34. The summed E-state index contributed by atoms with van der Waals surface area (Å²) >= 11 is 0. The Kier molecular flexibility index (Phi) is 1.57. The fraction of sp³-hybridized carbons (Fsp3) is 0.700. The average Bonchev–Trinajstić information content (AvgIpc) is 2.30. The van der Waals surface area contributed by atoms with Gasteiger partial charge in [-0.05, 0) is 20.3 Å². The van der Waals surface area contributed by atoms with Crippen molar-refractivity contribution in [3.05, 3.63) is 12.2 Å². The molecule has 3 nitrogen and oxygen atoms in total. The van der Waals surface area contributed by atoms with Crippen molar-refractivity contribution < 1.29 is 9.84 Å². The van der Waals surface area contributed by atoms with Crippen LogP contribution in [0.2, 0.25) is 0 Å². The van der Waals surface area contributed by atoms with Crippen LogP contribution < -0.4 is 0 Å². The monoisotopic (exact) mass is 179 g/mol. The van der Waals surface area contributed by atoms with E-state index in [2.05, 4.69) is 6.07 Å². The molecule has 4 atom stereocenters. The highest BCUT2D eigenvalue weighted by Crippen LogP contribution is 2.47. The van der Waals surface area contributed by atoms with Crippen LogP contribution in [0, 0.1) is 17.2 Å². The van der Waals surface area contributed by atoms with Gasteiger partial charge in [-0.25, -0.2) is 0 Å². The Morgan fingerprint density at radius 1 is 1.62 bits per heavy atom. The summed E-state index contributed by atoms with van der Waals surface area (Å²) in [5.41, 5.74) is -1.06. The summed E-state index contributed by atoms with van der Waals surface area (Å²) in [6.07, 6.45) is 3.61. The lowest BCUT2D eigenvalue weighted by Crippen LogP contribution is -2.46. The third kappa shape index (κ3) is 1.03. The van der Waals surface area contributed by atoms with Gasteiger partial charge in [-0.2, -0.15) is 5.26 Å². The Labute approximate surface area is 77.6 Å². The molecular formula is C10H13NO2. The Hall–Kier alpha value is -0.850. The van der Waals surface area contributed by atoms with E-state index >= 15 is 0 Å². The Bertz CT molecular complexity index is 307. The lowest BCUT2D eigenvalue weighted by atomic mass is 9.85. The zero-order valence-corrected chi connectivity index (χ0v) is 7.82. The highest BCUT2D eigenvalue weighted by Gasteiger charge is 2.56. The van der Waals surface area contributed by atoms with E-state index in [4.69, 9.17) is 10.00 Å². The van der Waals surface area contributed by atoms with E-state index in [1.807, 2.05) is 13.0 Å². The van der Waals surface area contributed by atoms with Crippen LogP contribution in [0.1, 0.15) is 20.3 Å². The lowest BCUT2D eigenvalue weighted by molar-refractivity contribution is -0.128. The molecule has 0 aromatic heterocycles. The van der Waals surface area contributed by atoms with E-state index in [1.54, 1.807) is 13.0 Å². The second-order valence-electron chi connectivity index (χ2n) is 4.29. The number of ether oxygens (including phenoxy) is 1. The number of fused-ring (bicyclic) bond motifs is 2. The topological polar surface area (TPSA) is 53.2 Å². The van der Waals surface area contributed by atoms with Crippen molar-refractivity contribution in [2.75, 3.05) is 0 Å². The number of rotatable bonds is 0. The van der Waals surface area contributed by atoms with Crippen molar-refractivity contribution in [2.24, 2.45) is 5.92 Å². The summed E-state index contributed by atoms with van der Waals surface area (Å²) in [5.74, 6) is -0.220. The molecule has 2 aliphatic rings. The van der Waals surface area contributed by atoms with Gasteiger partial charge in [0.1, 0.15) is 11.7 Å². The van der Waals surface area contributed by atoms with Gasteiger partial charge in [-0.15, -0.1) is 0 Å². The van der Waals surface area contributed by atoms with Crippen molar-refractivity contribution in [1.82, 2.24) is 0 Å². The normalized spacial score (nSPS) is 53.4. The highest BCUT2D eigenvalue weighted by atomic mass is 16.5. The molecule has 1 fully saturated rings. The number of aliphatic hydroxyl groups is 1. The fourth-order valence-electron chi connectivity index (χ4n) is 2.25. The van der Waals surface area contributed by atoms with Gasteiger partial charge in [0.2, 0.25) is 0 Å². The largest absolute Gasteiger partial charge is 0.386 e. The third-order valence-corrected chi connectivity index (χ3v) is 3.13. The predicted octanol–water partition coefficient (Wildman–Crippen LogP) is 0.995. The zero-order chi connectivity index (χ0) is 9.69. The van der Waals surface area contributed by atoms with Crippen molar-refractivity contribution in [1.29, 1.82) is 5.26 Å². The molecule has 1 saturated heterocycles. The standard InChI is InChI=1S/C10H13NO2/c1-9-4-3-8(12)10(2,13-9)7(5-9)6-11/h3-4,7-8,12H,5H2,1-2H3/t7?,8-,9+,10+/m0/s1. The van der Waals surface area contributed by atoms with E-state index in [-0.39, 0.29) is 11.5 Å². The predicted molar refractivity (Wildman–Crippen MR) is 46.8 cm³/mol. The van der Waals surface area contributed by atoms with Gasteiger partial charge in [0.15, 0.2) is 0 Å². The molecule has 70 valence electrons. The number of aliphatic hydroxyl groups excluding tert-OH is 1. The molecule has 0 spiro atoms. The molecule has 0 aromatic rings. The molecule has 13 heavy (non-hydrogen) atoms. The molecule has 0 aliphatic carbocycles. The molecule has 2 aliphatic heterocycles. The van der Waals surface area contributed by atoms with Gasteiger partial charge < -0.3 is 9.84 Å². The van der Waals surface area contributed by atoms with Crippen LogP contribution in [0.25, 0.3) is 0 Å². The first-order valence-electron chi connectivity index (χ1n) is 4.47. The second-order valence-corrected chi connectivity index (χ2v) is 4.29. The molecule has 2 heterocycles. The van der Waals surface area contributed by atoms with Crippen LogP contribution in [0.4, 0.5) is 0 Å². The fourth-order valence-corrected chi connectivity index (χ4v) is 2.25. The number of hydrogen-bond donors (Lipinski definition) is 1. The Morgan fingerprint density at radius 3 is 2.92 bits per heavy atom. The van der Waals surface area contributed by atoms with Crippen molar-refractivity contribution >= 4 is 0 Å². The number of hydrogen-bond acceptors (Lipinski definition) is 3. The van der Waals surface area contributed by atoms with Gasteiger partial charge in [-0.3, -0.25) is 0 Å². The minimum atomic E-state index is -0.710. The molecular weight excluding hydrogens is 166 g/mol. The molecule has 0 saturated carbocycles. The first-order valence-corrected chi connectivity index (χ1v) is 4.47. The molecule has 3 heteroatoms. The van der Waals surface area contributed by atoms with Crippen molar-refractivity contribution in [3.8, 4) is 6.07 Å². The highest BCUT2D eigenvalue weighted by molar-refractivity contribution is 5.23. The van der Waals surface area contributed by atoms with Gasteiger partial charge in [0.25, 0.3) is 0 Å². The minimum absolute atomic E-state index is 0.220. The van der Waals surface area contributed by atoms with Gasteiger partial charge in [0, 0.05) is 0 Å². The van der Waals surface area contributed by atoms with Gasteiger partial charge in [0.05, 0.1) is 17.6 Å². The summed E-state index contributed by atoms with van der Waals surface area (Å²) in [6, 6.07) is 2.21. The maximum Gasteiger partial charge on any atom is 0.112 e. The third-order valence-electron chi connectivity index (χ3n) is 3.13. The lowest BCUT2D eigenvalue weighted by Gasteiger charge is -2.36. The van der Waals surface area contributed by atoms with Crippen LogP contribution in [-0.2, 0) is 4.74 Å². The van der Waals surface area contributed by atoms with Crippen LogP contribution in [0.5, 0.6) is 0 Å². The zero-order valence-electron chi connectivity index (χ0n) is 7.82. The summed E-state index contributed by atoms with van der Waals surface area (Å²) in [5, 5.41) is 18.6. The summed E-state index contributed by atoms with van der Waals surface area (Å²) in [7, 11) is 0. The van der Waals surface area contributed by atoms with E-state index in [1.165, 1.54) is 0 Å². The first-order chi connectivity index (χ1) is 6.00. The minimum Gasteiger partial charge on any atom is -0.386 e. The van der Waals surface area contributed by atoms with Crippen LogP contribution in [0.3, 0.4) is 0 Å². The smallest absolute Gasteiger partial charge is 0.112 e. The van der Waals surface area contributed by atoms with Crippen molar-refractivity contribution in [2.45, 2.75) is 37.6 Å². The van der Waals surface area contributed by atoms with Crippen LogP contribution in [0.15, 0.2) is 12.2 Å². The molecule has 2 rings (SSSR count). The summed E-state index contributed by atoms with van der Waals surface area (Å²) in [6.45, 7) is 3.76. The van der Waals surface area contributed by atoms with Gasteiger partial charge >= 0.3 is 0 Å². The maximum absolute atomic E-state index is 9.71. The number of nitrogens with zero attached hydrogens (tertiary/aromatic N) is 1. The van der Waals surface area contributed by atoms with E-state index < -0.39 is 11.7 Å². The van der Waals surface area contributed by atoms with E-state index in [0.717, 1.165) is 0 Å². The SMILES string of the molecule is C[C@]12C=C[C@H](O)[C@](C)(O1)C(C#N)C2.